The zero-order chi connectivity index (χ0) is 17.4. The van der Waals surface area contributed by atoms with Crippen LogP contribution in [0.1, 0.15) is 49.7 Å². The molecule has 0 unspecified atom stereocenters. The summed E-state index contributed by atoms with van der Waals surface area (Å²) in [6.45, 7) is 2.26. The van der Waals surface area contributed by atoms with E-state index in [-0.39, 0.29) is 24.9 Å². The van der Waals surface area contributed by atoms with Crippen LogP contribution in [0.5, 0.6) is 0 Å². The number of carbonyl (C=O) groups excluding carboxylic acids is 2. The molecule has 132 valence electrons. The fraction of sp³-hybridized carbons (Fsp3) is 0.579. The average Bonchev–Trinajstić information content (AvgIpc) is 2.58. The highest BCUT2D eigenvalue weighted by Gasteiger charge is 2.29. The molecule has 5 nitrogen and oxygen atoms in total. The Labute approximate surface area is 143 Å². The topological polar surface area (TPSA) is 78.4 Å². The lowest BCUT2D eigenvalue weighted by Gasteiger charge is -2.32. The van der Waals surface area contributed by atoms with Gasteiger partial charge in [-0.15, -0.1) is 0 Å². The van der Waals surface area contributed by atoms with Gasteiger partial charge in [0.15, 0.2) is 0 Å². The van der Waals surface area contributed by atoms with Crippen LogP contribution in [-0.4, -0.2) is 35.6 Å². The quantitative estimate of drug-likeness (QED) is 0.713. The van der Waals surface area contributed by atoms with Gasteiger partial charge in [0.25, 0.3) is 0 Å². The van der Waals surface area contributed by atoms with E-state index in [1.54, 1.807) is 0 Å². The number of carbonyl (C=O) groups is 2. The normalized spacial score (nSPS) is 16.4. The largest absolute Gasteiger partial charge is 0.388 e. The Morgan fingerprint density at radius 2 is 1.71 bits per heavy atom. The van der Waals surface area contributed by atoms with E-state index in [4.69, 9.17) is 0 Å². The summed E-state index contributed by atoms with van der Waals surface area (Å²) >= 11 is 0. The molecule has 0 bridgehead atoms. The van der Waals surface area contributed by atoms with Crippen LogP contribution in [0.4, 0.5) is 0 Å². The molecule has 1 fully saturated rings. The van der Waals surface area contributed by atoms with Crippen LogP contribution in [0.3, 0.4) is 0 Å². The Morgan fingerprint density at radius 1 is 1.04 bits per heavy atom. The van der Waals surface area contributed by atoms with Crippen molar-refractivity contribution in [3.63, 3.8) is 0 Å². The van der Waals surface area contributed by atoms with E-state index in [9.17, 15) is 14.7 Å². The van der Waals surface area contributed by atoms with Crippen molar-refractivity contribution in [1.82, 2.24) is 10.6 Å². The lowest BCUT2D eigenvalue weighted by Crippen LogP contribution is -2.46. The van der Waals surface area contributed by atoms with Crippen LogP contribution < -0.4 is 10.6 Å². The van der Waals surface area contributed by atoms with E-state index in [0.29, 0.717) is 12.8 Å². The van der Waals surface area contributed by atoms with E-state index in [1.165, 1.54) is 5.56 Å². The van der Waals surface area contributed by atoms with Gasteiger partial charge >= 0.3 is 0 Å². The van der Waals surface area contributed by atoms with Gasteiger partial charge in [-0.1, -0.05) is 49.1 Å². The second kappa shape index (κ2) is 8.83. The molecule has 0 heterocycles. The van der Waals surface area contributed by atoms with Gasteiger partial charge in [0.05, 0.1) is 12.1 Å². The Morgan fingerprint density at radius 3 is 2.38 bits per heavy atom. The molecule has 1 aliphatic carbocycles. The highest BCUT2D eigenvalue weighted by molar-refractivity contribution is 5.84. The minimum absolute atomic E-state index is 0.0389. The van der Waals surface area contributed by atoms with Crippen molar-refractivity contribution < 1.29 is 14.7 Å². The molecule has 2 amide bonds. The smallest absolute Gasteiger partial charge is 0.239 e. The Bertz CT molecular complexity index is 548. The number of hydrogen-bond donors (Lipinski definition) is 3. The van der Waals surface area contributed by atoms with Gasteiger partial charge in [-0.05, 0) is 31.7 Å². The summed E-state index contributed by atoms with van der Waals surface area (Å²) in [5.41, 5.74) is 1.53. The van der Waals surface area contributed by atoms with Gasteiger partial charge in [0, 0.05) is 13.0 Å². The lowest BCUT2D eigenvalue weighted by atomic mass is 9.85. The molecule has 0 spiro atoms. The van der Waals surface area contributed by atoms with Crippen LogP contribution in [-0.2, 0) is 16.0 Å². The summed E-state index contributed by atoms with van der Waals surface area (Å²) in [6.07, 6.45) is 5.64. The first-order chi connectivity index (χ1) is 11.5. The Hall–Kier alpha value is -1.88. The van der Waals surface area contributed by atoms with Crippen molar-refractivity contribution in [2.45, 2.75) is 57.5 Å². The van der Waals surface area contributed by atoms with Gasteiger partial charge in [-0.25, -0.2) is 0 Å². The third-order valence-corrected chi connectivity index (χ3v) is 4.61. The van der Waals surface area contributed by atoms with Crippen molar-refractivity contribution in [3.05, 3.63) is 35.4 Å². The molecule has 0 aromatic heterocycles. The van der Waals surface area contributed by atoms with E-state index in [2.05, 4.69) is 10.6 Å². The van der Waals surface area contributed by atoms with Gasteiger partial charge < -0.3 is 15.7 Å². The molecule has 0 saturated heterocycles. The molecule has 0 atom stereocenters. The Balaban J connectivity index is 1.62. The van der Waals surface area contributed by atoms with Crippen LogP contribution in [0, 0.1) is 6.92 Å². The SMILES string of the molecule is Cc1ccc(CCC(=O)NCC(=O)NCC2(O)CCCCC2)cc1. The molecule has 1 aliphatic rings. The van der Waals surface area contributed by atoms with E-state index in [0.717, 1.165) is 37.7 Å². The number of aryl methyl sites for hydroxylation is 2. The lowest BCUT2D eigenvalue weighted by molar-refractivity contribution is -0.126. The minimum atomic E-state index is -0.774. The summed E-state index contributed by atoms with van der Waals surface area (Å²) in [4.78, 5) is 23.6. The number of benzene rings is 1. The van der Waals surface area contributed by atoms with Crippen molar-refractivity contribution in [3.8, 4) is 0 Å². The van der Waals surface area contributed by atoms with Crippen molar-refractivity contribution in [1.29, 1.82) is 0 Å². The Kier molecular flexibility index (Phi) is 6.79. The molecule has 0 aliphatic heterocycles. The first-order valence-electron chi connectivity index (χ1n) is 8.78. The number of nitrogens with one attached hydrogen (secondary N) is 2. The van der Waals surface area contributed by atoms with Crippen molar-refractivity contribution in [2.75, 3.05) is 13.1 Å². The molecule has 1 aromatic carbocycles. The van der Waals surface area contributed by atoms with Gasteiger partial charge in [-0.2, -0.15) is 0 Å². The van der Waals surface area contributed by atoms with Crippen molar-refractivity contribution in [2.24, 2.45) is 0 Å². The number of aliphatic hydroxyl groups is 1. The van der Waals surface area contributed by atoms with Crippen LogP contribution >= 0.6 is 0 Å². The monoisotopic (exact) mass is 332 g/mol. The average molecular weight is 332 g/mol. The third kappa shape index (κ3) is 6.32. The first kappa shape index (κ1) is 18.5. The molecule has 3 N–H and O–H groups in total. The van der Waals surface area contributed by atoms with E-state index < -0.39 is 5.60 Å². The maximum Gasteiger partial charge on any atom is 0.239 e. The molecule has 2 rings (SSSR count). The predicted octanol–water partition coefficient (Wildman–Crippen LogP) is 1.86. The highest BCUT2D eigenvalue weighted by Crippen LogP contribution is 2.27. The molecule has 24 heavy (non-hydrogen) atoms. The number of amides is 2. The maximum absolute atomic E-state index is 11.8. The second-order valence-corrected chi connectivity index (χ2v) is 6.82. The minimum Gasteiger partial charge on any atom is -0.388 e. The zero-order valence-corrected chi connectivity index (χ0v) is 14.4. The first-order valence-corrected chi connectivity index (χ1v) is 8.78. The number of rotatable bonds is 7. The summed E-state index contributed by atoms with van der Waals surface area (Å²) in [5.74, 6) is -0.389. The molecule has 1 saturated carbocycles. The summed E-state index contributed by atoms with van der Waals surface area (Å²) in [7, 11) is 0. The molecular formula is C19H28N2O3. The van der Waals surface area contributed by atoms with Crippen molar-refractivity contribution >= 4 is 11.8 Å². The third-order valence-electron chi connectivity index (χ3n) is 4.61. The zero-order valence-electron chi connectivity index (χ0n) is 14.4. The second-order valence-electron chi connectivity index (χ2n) is 6.82. The van der Waals surface area contributed by atoms with Gasteiger partial charge in [0.1, 0.15) is 0 Å². The molecule has 0 radical (unpaired) electrons. The molecule has 5 heteroatoms. The summed E-state index contributed by atoms with van der Waals surface area (Å²) < 4.78 is 0. The summed E-state index contributed by atoms with van der Waals surface area (Å²) in [6, 6.07) is 8.08. The summed E-state index contributed by atoms with van der Waals surface area (Å²) in [5, 5.41) is 15.7. The molecular weight excluding hydrogens is 304 g/mol. The number of hydrogen-bond acceptors (Lipinski definition) is 3. The fourth-order valence-electron chi connectivity index (χ4n) is 2.99. The fourth-order valence-corrected chi connectivity index (χ4v) is 2.99. The van der Waals surface area contributed by atoms with E-state index in [1.807, 2.05) is 31.2 Å². The van der Waals surface area contributed by atoms with E-state index >= 15 is 0 Å². The maximum atomic E-state index is 11.8. The molecule has 1 aromatic rings. The van der Waals surface area contributed by atoms with Crippen LogP contribution in [0.25, 0.3) is 0 Å². The van der Waals surface area contributed by atoms with Crippen LogP contribution in [0.2, 0.25) is 0 Å². The highest BCUT2D eigenvalue weighted by atomic mass is 16.3. The van der Waals surface area contributed by atoms with Gasteiger partial charge in [0.2, 0.25) is 11.8 Å². The standard InChI is InChI=1S/C19H28N2O3/c1-15-5-7-16(8-6-15)9-10-17(22)20-13-18(23)21-14-19(24)11-3-2-4-12-19/h5-8,24H,2-4,9-14H2,1H3,(H,20,22)(H,21,23). The predicted molar refractivity (Wildman–Crippen MR) is 93.6 cm³/mol. The van der Waals surface area contributed by atoms with Gasteiger partial charge in [-0.3, -0.25) is 9.59 Å². The van der Waals surface area contributed by atoms with Crippen LogP contribution in [0.15, 0.2) is 24.3 Å².